The van der Waals surface area contributed by atoms with E-state index in [1.165, 1.54) is 88.2 Å². The lowest BCUT2D eigenvalue weighted by Crippen LogP contribution is -2.67. The third kappa shape index (κ3) is 2.58. The van der Waals surface area contributed by atoms with Crippen molar-refractivity contribution in [1.29, 1.82) is 0 Å². The third-order valence-electron chi connectivity index (χ3n) is 12.2. The highest BCUT2D eigenvalue weighted by Crippen LogP contribution is 2.79. The van der Waals surface area contributed by atoms with Crippen LogP contribution in [0.2, 0.25) is 0 Å². The molecular formula is C32H38O2. The molecule has 8 fully saturated rings. The number of phenolic OH excluding ortho intramolecular Hbond substituents is 2. The van der Waals surface area contributed by atoms with Crippen molar-refractivity contribution in [2.24, 2.45) is 34.5 Å². The Bertz CT molecular complexity index is 1030. The predicted octanol–water partition coefficient (Wildman–Crippen LogP) is 7.47. The first-order valence-corrected chi connectivity index (χ1v) is 14.0. The Hall–Kier alpha value is -1.96. The second kappa shape index (κ2) is 6.42. The molecule has 10 rings (SSSR count). The average Bonchev–Trinajstić information content (AvgIpc) is 2.78. The van der Waals surface area contributed by atoms with Gasteiger partial charge in [-0.05, 0) is 158 Å². The molecule has 178 valence electrons. The predicted molar refractivity (Wildman–Crippen MR) is 134 cm³/mol. The van der Waals surface area contributed by atoms with E-state index < -0.39 is 0 Å². The van der Waals surface area contributed by atoms with Crippen LogP contribution < -0.4 is 0 Å². The Balaban J connectivity index is 1.31. The van der Waals surface area contributed by atoms with Crippen molar-refractivity contribution in [1.82, 2.24) is 0 Å². The Morgan fingerprint density at radius 1 is 0.471 bits per heavy atom. The first-order valence-electron chi connectivity index (χ1n) is 14.0. The zero-order valence-corrected chi connectivity index (χ0v) is 20.3. The SMILES string of the molecule is Oc1ccc(C23CC4CC(c5ccc(O)cc5)(C2)CC(C25CC6CC(CC(C6)C2)C5)(C4)C3)cc1. The van der Waals surface area contributed by atoms with Crippen LogP contribution in [0.4, 0.5) is 0 Å². The molecule has 0 saturated heterocycles. The Labute approximate surface area is 203 Å². The second-order valence-electron chi connectivity index (χ2n) is 14.1. The molecule has 8 aliphatic carbocycles. The molecule has 34 heavy (non-hydrogen) atoms. The lowest BCUT2D eigenvalue weighted by Gasteiger charge is -2.75. The first-order chi connectivity index (χ1) is 16.4. The highest BCUT2D eigenvalue weighted by atomic mass is 16.3. The fourth-order valence-electron chi connectivity index (χ4n) is 12.1. The number of hydrogen-bond acceptors (Lipinski definition) is 2. The van der Waals surface area contributed by atoms with Crippen molar-refractivity contribution in [3.8, 4) is 11.5 Å². The smallest absolute Gasteiger partial charge is 0.115 e. The summed E-state index contributed by atoms with van der Waals surface area (Å²) in [6, 6.07) is 16.7. The maximum absolute atomic E-state index is 10.1. The van der Waals surface area contributed by atoms with Crippen LogP contribution in [0.5, 0.6) is 11.5 Å². The molecule has 0 spiro atoms. The summed E-state index contributed by atoms with van der Waals surface area (Å²) in [7, 11) is 0. The number of phenols is 2. The van der Waals surface area contributed by atoms with Crippen molar-refractivity contribution in [3.05, 3.63) is 59.7 Å². The molecule has 0 heterocycles. The van der Waals surface area contributed by atoms with Gasteiger partial charge in [-0.15, -0.1) is 0 Å². The molecule has 8 bridgehead atoms. The number of benzene rings is 2. The summed E-state index contributed by atoms with van der Waals surface area (Å²) in [5.74, 6) is 4.55. The Morgan fingerprint density at radius 2 is 0.882 bits per heavy atom. The molecule has 2 heteroatoms. The van der Waals surface area contributed by atoms with E-state index in [1.54, 1.807) is 0 Å². The summed E-state index contributed by atoms with van der Waals surface area (Å²) in [6.07, 6.45) is 17.1. The van der Waals surface area contributed by atoms with Crippen molar-refractivity contribution < 1.29 is 10.2 Å². The van der Waals surface area contributed by atoms with Gasteiger partial charge in [-0.25, -0.2) is 0 Å². The lowest BCUT2D eigenvalue weighted by atomic mass is 9.29. The molecular weight excluding hydrogens is 416 g/mol. The molecule has 0 radical (unpaired) electrons. The third-order valence-corrected chi connectivity index (χ3v) is 12.2. The number of hydrogen-bond donors (Lipinski definition) is 2. The Morgan fingerprint density at radius 3 is 1.32 bits per heavy atom. The van der Waals surface area contributed by atoms with Gasteiger partial charge < -0.3 is 10.2 Å². The quantitative estimate of drug-likeness (QED) is 0.505. The van der Waals surface area contributed by atoms with Gasteiger partial charge in [0.1, 0.15) is 11.5 Å². The molecule has 0 aliphatic heterocycles. The monoisotopic (exact) mass is 454 g/mol. The standard InChI is InChI=1S/C32H38O2/c33-27-5-1-25(2-6-27)29-12-24-13-30(18-29,26-3-7-28(34)8-4-26)20-32(17-24,19-29)31-14-21-9-22(15-31)11-23(10-21)16-31/h1-8,21-24,33-34H,9-20H2. The zero-order valence-electron chi connectivity index (χ0n) is 20.3. The molecule has 8 saturated carbocycles. The van der Waals surface area contributed by atoms with E-state index in [0.717, 1.165) is 23.7 Å². The van der Waals surface area contributed by atoms with Gasteiger partial charge in [-0.3, -0.25) is 0 Å². The van der Waals surface area contributed by atoms with Crippen molar-refractivity contribution in [3.63, 3.8) is 0 Å². The minimum absolute atomic E-state index is 0.230. The normalized spacial score (nSPS) is 47.9. The maximum atomic E-state index is 10.1. The van der Waals surface area contributed by atoms with Gasteiger partial charge in [0.25, 0.3) is 0 Å². The molecule has 2 N–H and O–H groups in total. The first kappa shape index (κ1) is 20.3. The van der Waals surface area contributed by atoms with Gasteiger partial charge in [0, 0.05) is 0 Å². The van der Waals surface area contributed by atoms with E-state index in [2.05, 4.69) is 24.3 Å². The highest BCUT2D eigenvalue weighted by molar-refractivity contribution is 5.42. The topological polar surface area (TPSA) is 40.5 Å². The number of rotatable bonds is 3. The van der Waals surface area contributed by atoms with E-state index in [1.807, 2.05) is 24.3 Å². The van der Waals surface area contributed by atoms with Crippen molar-refractivity contribution in [2.75, 3.05) is 0 Å². The zero-order chi connectivity index (χ0) is 22.8. The highest BCUT2D eigenvalue weighted by Gasteiger charge is 2.71. The van der Waals surface area contributed by atoms with Gasteiger partial charge in [0.15, 0.2) is 0 Å². The van der Waals surface area contributed by atoms with Crippen molar-refractivity contribution in [2.45, 2.75) is 87.9 Å². The molecule has 2 nitrogen and oxygen atoms in total. The van der Waals surface area contributed by atoms with E-state index in [4.69, 9.17) is 0 Å². The van der Waals surface area contributed by atoms with Crippen molar-refractivity contribution >= 4 is 0 Å². The summed E-state index contributed by atoms with van der Waals surface area (Å²) >= 11 is 0. The molecule has 2 unspecified atom stereocenters. The summed E-state index contributed by atoms with van der Waals surface area (Å²) in [5.41, 5.74) is 4.44. The Kier molecular flexibility index (Phi) is 3.83. The van der Waals surface area contributed by atoms with Crippen LogP contribution in [0.1, 0.15) is 88.2 Å². The summed E-state index contributed by atoms with van der Waals surface area (Å²) in [6.45, 7) is 0. The average molecular weight is 455 g/mol. The van der Waals surface area contributed by atoms with E-state index in [-0.39, 0.29) is 10.8 Å². The van der Waals surface area contributed by atoms with Crippen LogP contribution in [0.25, 0.3) is 0 Å². The summed E-state index contributed by atoms with van der Waals surface area (Å²) in [5, 5.41) is 20.1. The van der Waals surface area contributed by atoms with E-state index in [0.29, 0.717) is 22.3 Å². The van der Waals surface area contributed by atoms with Gasteiger partial charge in [0.2, 0.25) is 0 Å². The van der Waals surface area contributed by atoms with Gasteiger partial charge in [0.05, 0.1) is 0 Å². The molecule has 8 aliphatic rings. The molecule has 2 atom stereocenters. The molecule has 0 aromatic heterocycles. The van der Waals surface area contributed by atoms with E-state index >= 15 is 0 Å². The van der Waals surface area contributed by atoms with Crippen LogP contribution in [0.3, 0.4) is 0 Å². The minimum atomic E-state index is 0.230. The van der Waals surface area contributed by atoms with Gasteiger partial charge in [-0.2, -0.15) is 0 Å². The van der Waals surface area contributed by atoms with Gasteiger partial charge >= 0.3 is 0 Å². The lowest BCUT2D eigenvalue weighted by molar-refractivity contribution is -0.212. The molecule has 2 aromatic carbocycles. The van der Waals surface area contributed by atoms with Crippen LogP contribution in [-0.2, 0) is 10.8 Å². The van der Waals surface area contributed by atoms with E-state index in [9.17, 15) is 10.2 Å². The van der Waals surface area contributed by atoms with Crippen LogP contribution in [-0.4, -0.2) is 10.2 Å². The fraction of sp³-hybridized carbons (Fsp3) is 0.625. The second-order valence-corrected chi connectivity index (χ2v) is 14.1. The van der Waals surface area contributed by atoms with Crippen LogP contribution in [0.15, 0.2) is 48.5 Å². The number of aromatic hydroxyl groups is 2. The minimum Gasteiger partial charge on any atom is -0.508 e. The maximum Gasteiger partial charge on any atom is 0.115 e. The summed E-state index contributed by atoms with van der Waals surface area (Å²) in [4.78, 5) is 0. The molecule has 2 aromatic rings. The largest absolute Gasteiger partial charge is 0.508 e. The fourth-order valence-corrected chi connectivity index (χ4v) is 12.1. The van der Waals surface area contributed by atoms with Gasteiger partial charge in [-0.1, -0.05) is 24.3 Å². The molecule has 0 amide bonds. The van der Waals surface area contributed by atoms with Crippen LogP contribution in [0, 0.1) is 34.5 Å². The summed E-state index contributed by atoms with van der Waals surface area (Å²) < 4.78 is 0. The van der Waals surface area contributed by atoms with Crippen LogP contribution >= 0.6 is 0 Å².